The largest absolute Gasteiger partial charge is 0.485 e. The number of hydrogen-bond donors (Lipinski definition) is 1. The van der Waals surface area contributed by atoms with Crippen LogP contribution in [-0.4, -0.2) is 18.2 Å². The fraction of sp³-hybridized carbons (Fsp3) is 0.200. The first-order valence-electron chi connectivity index (χ1n) is 7.87. The van der Waals surface area contributed by atoms with Gasteiger partial charge >= 0.3 is 0 Å². The topological polar surface area (TPSA) is 55.4 Å². The van der Waals surface area contributed by atoms with Crippen LogP contribution in [0.4, 0.5) is 0 Å². The zero-order chi connectivity index (χ0) is 17.0. The maximum atomic E-state index is 11.6. The van der Waals surface area contributed by atoms with Gasteiger partial charge in [0.05, 0.1) is 12.3 Å². The molecule has 0 saturated heterocycles. The molecule has 0 radical (unpaired) electrons. The Labute approximate surface area is 141 Å². The Balaban J connectivity index is 2.12. The lowest BCUT2D eigenvalue weighted by Gasteiger charge is -2.40. The molecule has 1 amide bonds. The summed E-state index contributed by atoms with van der Waals surface area (Å²) in [6.07, 6.45) is 2.66. The molecule has 0 unspecified atom stereocenters. The van der Waals surface area contributed by atoms with Crippen molar-refractivity contribution < 1.29 is 14.3 Å². The maximum absolute atomic E-state index is 11.6. The Morgan fingerprint density at radius 1 is 1.08 bits per heavy atom. The van der Waals surface area contributed by atoms with Crippen LogP contribution in [0.25, 0.3) is 0 Å². The molecule has 3 rings (SSSR count). The van der Waals surface area contributed by atoms with Crippen molar-refractivity contribution in [3.8, 4) is 0 Å². The van der Waals surface area contributed by atoms with Crippen molar-refractivity contribution in [2.24, 2.45) is 0 Å². The molecule has 1 N–H and O–H groups in total. The van der Waals surface area contributed by atoms with Crippen molar-refractivity contribution in [2.45, 2.75) is 25.0 Å². The van der Waals surface area contributed by atoms with E-state index in [4.69, 9.17) is 4.74 Å². The number of amides is 1. The van der Waals surface area contributed by atoms with Gasteiger partial charge in [-0.05, 0) is 11.1 Å². The number of benzene rings is 2. The molecule has 2 aromatic rings. The van der Waals surface area contributed by atoms with E-state index in [1.165, 1.54) is 13.2 Å². The summed E-state index contributed by atoms with van der Waals surface area (Å²) in [7, 11) is 0. The van der Waals surface area contributed by atoms with Crippen molar-refractivity contribution in [1.29, 1.82) is 0 Å². The van der Waals surface area contributed by atoms with Crippen LogP contribution >= 0.6 is 0 Å². The van der Waals surface area contributed by atoms with Crippen LogP contribution in [0.3, 0.4) is 0 Å². The molecule has 0 spiro atoms. The predicted molar refractivity (Wildman–Crippen MR) is 91.1 cm³/mol. The molecule has 0 saturated carbocycles. The van der Waals surface area contributed by atoms with Crippen LogP contribution in [0.15, 0.2) is 72.5 Å². The second kappa shape index (κ2) is 6.71. The second-order valence-electron chi connectivity index (χ2n) is 5.87. The van der Waals surface area contributed by atoms with Crippen molar-refractivity contribution in [1.82, 2.24) is 5.32 Å². The number of ether oxygens (including phenoxy) is 1. The second-order valence-corrected chi connectivity index (χ2v) is 5.87. The monoisotopic (exact) mass is 321 g/mol. The molecule has 0 aliphatic carbocycles. The molecule has 1 heterocycles. The lowest BCUT2D eigenvalue weighted by molar-refractivity contribution is -0.120. The summed E-state index contributed by atoms with van der Waals surface area (Å²) in [6.45, 7) is 1.45. The summed E-state index contributed by atoms with van der Waals surface area (Å²) >= 11 is 0. The summed E-state index contributed by atoms with van der Waals surface area (Å²) in [6, 6.07) is 19.3. The van der Waals surface area contributed by atoms with Gasteiger partial charge in [0.25, 0.3) is 0 Å². The van der Waals surface area contributed by atoms with E-state index in [0.717, 1.165) is 17.4 Å². The van der Waals surface area contributed by atoms with E-state index in [1.54, 1.807) is 0 Å². The maximum Gasteiger partial charge on any atom is 0.217 e. The lowest BCUT2D eigenvalue weighted by Crippen LogP contribution is -2.46. The molecule has 1 aliphatic rings. The molecule has 4 nitrogen and oxygen atoms in total. The van der Waals surface area contributed by atoms with Crippen molar-refractivity contribution >= 4 is 12.2 Å². The number of aldehydes is 1. The Kier molecular flexibility index (Phi) is 4.47. The van der Waals surface area contributed by atoms with E-state index in [9.17, 15) is 9.59 Å². The summed E-state index contributed by atoms with van der Waals surface area (Å²) in [5.41, 5.74) is 1.65. The summed E-state index contributed by atoms with van der Waals surface area (Å²) in [5.74, 6) is -0.176. The van der Waals surface area contributed by atoms with Crippen LogP contribution in [0.5, 0.6) is 0 Å². The van der Waals surface area contributed by atoms with Gasteiger partial charge in [-0.2, -0.15) is 0 Å². The van der Waals surface area contributed by atoms with E-state index in [0.29, 0.717) is 12.0 Å². The molecule has 1 aliphatic heterocycles. The highest BCUT2D eigenvalue weighted by atomic mass is 16.5. The third-order valence-electron chi connectivity index (χ3n) is 4.28. The molecular weight excluding hydrogens is 302 g/mol. The number of hydrogen-bond acceptors (Lipinski definition) is 3. The van der Waals surface area contributed by atoms with Gasteiger partial charge in [0, 0.05) is 18.9 Å². The molecule has 122 valence electrons. The number of carbonyl (C=O) groups excluding carboxylic acids is 2. The Morgan fingerprint density at radius 3 is 2.08 bits per heavy atom. The number of rotatable bonds is 4. The van der Waals surface area contributed by atoms with E-state index in [2.05, 4.69) is 5.32 Å². The summed E-state index contributed by atoms with van der Waals surface area (Å²) < 4.78 is 6.11. The van der Waals surface area contributed by atoms with Crippen LogP contribution in [0.2, 0.25) is 0 Å². The highest BCUT2D eigenvalue weighted by Gasteiger charge is 2.42. The molecule has 24 heavy (non-hydrogen) atoms. The van der Waals surface area contributed by atoms with Gasteiger partial charge in [-0.25, -0.2) is 0 Å². The standard InChI is InChI=1S/C20H19NO3/c1-15(23)21-19-12-20(24-14-16(19)13-22,17-8-4-2-5-9-17)18-10-6-3-7-11-18/h2-11,13-14,19H,12H2,1H3,(H,21,23)/t19-/m0/s1. The summed E-state index contributed by atoms with van der Waals surface area (Å²) in [4.78, 5) is 22.9. The van der Waals surface area contributed by atoms with Crippen LogP contribution in [0, 0.1) is 0 Å². The predicted octanol–water partition coefficient (Wildman–Crippen LogP) is 2.94. The third kappa shape index (κ3) is 2.95. The average molecular weight is 321 g/mol. The molecular formula is C20H19NO3. The first-order valence-corrected chi connectivity index (χ1v) is 7.87. The highest BCUT2D eigenvalue weighted by Crippen LogP contribution is 2.41. The van der Waals surface area contributed by atoms with E-state index >= 15 is 0 Å². The minimum atomic E-state index is -0.748. The third-order valence-corrected chi connectivity index (χ3v) is 4.28. The van der Waals surface area contributed by atoms with Crippen LogP contribution in [0.1, 0.15) is 24.5 Å². The zero-order valence-electron chi connectivity index (χ0n) is 13.4. The van der Waals surface area contributed by atoms with Gasteiger partial charge in [0.2, 0.25) is 5.91 Å². The smallest absolute Gasteiger partial charge is 0.217 e. The van der Waals surface area contributed by atoms with Gasteiger partial charge in [-0.3, -0.25) is 9.59 Å². The Morgan fingerprint density at radius 2 is 1.62 bits per heavy atom. The number of carbonyl (C=O) groups is 2. The molecule has 1 atom stereocenters. The van der Waals surface area contributed by atoms with Gasteiger partial charge in [-0.15, -0.1) is 0 Å². The quantitative estimate of drug-likeness (QED) is 0.881. The van der Waals surface area contributed by atoms with Gasteiger partial charge < -0.3 is 10.1 Å². The van der Waals surface area contributed by atoms with Gasteiger partial charge in [0.1, 0.15) is 0 Å². The fourth-order valence-corrected chi connectivity index (χ4v) is 3.15. The molecule has 0 fully saturated rings. The van der Waals surface area contributed by atoms with Gasteiger partial charge in [0.15, 0.2) is 11.9 Å². The molecule has 0 aromatic heterocycles. The first-order chi connectivity index (χ1) is 11.7. The molecule has 4 heteroatoms. The number of nitrogens with one attached hydrogen (secondary N) is 1. The van der Waals surface area contributed by atoms with Crippen molar-refractivity contribution in [3.63, 3.8) is 0 Å². The Hall–Kier alpha value is -2.88. The van der Waals surface area contributed by atoms with Crippen molar-refractivity contribution in [3.05, 3.63) is 83.6 Å². The van der Waals surface area contributed by atoms with Crippen LogP contribution < -0.4 is 5.32 Å². The minimum absolute atomic E-state index is 0.176. The highest BCUT2D eigenvalue weighted by molar-refractivity contribution is 5.79. The average Bonchev–Trinajstić information content (AvgIpc) is 2.62. The van der Waals surface area contributed by atoms with Gasteiger partial charge in [-0.1, -0.05) is 60.7 Å². The SMILES string of the molecule is CC(=O)N[C@H]1CC(c2ccccc2)(c2ccccc2)OC=C1C=O. The first kappa shape index (κ1) is 16.0. The van der Waals surface area contributed by atoms with Crippen molar-refractivity contribution in [2.75, 3.05) is 0 Å². The normalized spacial score (nSPS) is 18.9. The van der Waals surface area contributed by atoms with E-state index in [-0.39, 0.29) is 5.91 Å². The fourth-order valence-electron chi connectivity index (χ4n) is 3.15. The lowest BCUT2D eigenvalue weighted by atomic mass is 9.78. The minimum Gasteiger partial charge on any atom is -0.485 e. The molecule has 0 bridgehead atoms. The molecule has 2 aromatic carbocycles. The van der Waals surface area contributed by atoms with Crippen LogP contribution in [-0.2, 0) is 19.9 Å². The Bertz CT molecular complexity index is 713. The summed E-state index contributed by atoms with van der Waals surface area (Å²) in [5, 5.41) is 2.86. The van der Waals surface area contributed by atoms with E-state index in [1.807, 2.05) is 60.7 Å². The zero-order valence-corrected chi connectivity index (χ0v) is 13.4. The van der Waals surface area contributed by atoms with E-state index < -0.39 is 11.6 Å².